The lowest BCUT2D eigenvalue weighted by Crippen LogP contribution is -2.50. The summed E-state index contributed by atoms with van der Waals surface area (Å²) in [5, 5.41) is 2.74. The highest BCUT2D eigenvalue weighted by molar-refractivity contribution is 7.11. The van der Waals surface area contributed by atoms with E-state index in [2.05, 4.69) is 29.8 Å². The summed E-state index contributed by atoms with van der Waals surface area (Å²) in [6, 6.07) is 6.72. The SMILES string of the molecule is Cc1cc(C)cc(C(=O)N2CCC(N3CCC(Oc4nccs4)CC3)CC2)c1. The van der Waals surface area contributed by atoms with Crippen molar-refractivity contribution in [1.82, 2.24) is 14.8 Å². The summed E-state index contributed by atoms with van der Waals surface area (Å²) in [5.74, 6) is 0.181. The minimum Gasteiger partial charge on any atom is -0.467 e. The minimum atomic E-state index is 0.181. The molecule has 2 aliphatic rings. The minimum absolute atomic E-state index is 0.181. The van der Waals surface area contributed by atoms with Crippen molar-refractivity contribution in [2.75, 3.05) is 26.2 Å². The number of carbonyl (C=O) groups is 1. The Bertz CT molecular complexity index is 772. The van der Waals surface area contributed by atoms with E-state index in [4.69, 9.17) is 4.74 Å². The van der Waals surface area contributed by atoms with E-state index >= 15 is 0 Å². The molecule has 5 nitrogen and oxygen atoms in total. The summed E-state index contributed by atoms with van der Waals surface area (Å²) in [7, 11) is 0. The number of piperidine rings is 2. The molecule has 2 aliphatic heterocycles. The molecule has 0 saturated carbocycles. The number of rotatable bonds is 4. The molecule has 0 spiro atoms. The van der Waals surface area contributed by atoms with Gasteiger partial charge in [-0.15, -0.1) is 0 Å². The lowest BCUT2D eigenvalue weighted by Gasteiger charge is -2.41. The van der Waals surface area contributed by atoms with Crippen molar-refractivity contribution in [3.63, 3.8) is 0 Å². The Labute approximate surface area is 171 Å². The number of aryl methyl sites for hydroxylation is 2. The van der Waals surface area contributed by atoms with E-state index in [1.165, 1.54) is 0 Å². The van der Waals surface area contributed by atoms with Crippen LogP contribution in [0.3, 0.4) is 0 Å². The number of nitrogens with zero attached hydrogens (tertiary/aromatic N) is 3. The third-order valence-corrected chi connectivity index (χ3v) is 6.55. The van der Waals surface area contributed by atoms with Crippen LogP contribution in [0.25, 0.3) is 0 Å². The van der Waals surface area contributed by atoms with Crippen molar-refractivity contribution >= 4 is 17.2 Å². The maximum absolute atomic E-state index is 12.9. The van der Waals surface area contributed by atoms with Crippen molar-refractivity contribution in [2.45, 2.75) is 51.7 Å². The number of carbonyl (C=O) groups excluding carboxylic acids is 1. The van der Waals surface area contributed by atoms with Crippen LogP contribution < -0.4 is 4.74 Å². The van der Waals surface area contributed by atoms with Gasteiger partial charge in [0.05, 0.1) is 0 Å². The predicted molar refractivity (Wildman–Crippen MR) is 112 cm³/mol. The van der Waals surface area contributed by atoms with Gasteiger partial charge in [0.2, 0.25) is 0 Å². The van der Waals surface area contributed by atoms with Gasteiger partial charge in [-0.05, 0) is 51.7 Å². The van der Waals surface area contributed by atoms with E-state index in [1.807, 2.05) is 22.4 Å². The summed E-state index contributed by atoms with van der Waals surface area (Å²) < 4.78 is 5.98. The molecule has 0 bridgehead atoms. The van der Waals surface area contributed by atoms with Gasteiger partial charge in [0.15, 0.2) is 0 Å². The molecule has 1 aromatic carbocycles. The summed E-state index contributed by atoms with van der Waals surface area (Å²) in [5.41, 5.74) is 3.14. The van der Waals surface area contributed by atoms with Crippen LogP contribution in [-0.2, 0) is 0 Å². The van der Waals surface area contributed by atoms with Crippen LogP contribution in [0.15, 0.2) is 29.8 Å². The van der Waals surface area contributed by atoms with Gasteiger partial charge in [-0.25, -0.2) is 4.98 Å². The second-order valence-corrected chi connectivity index (χ2v) is 8.91. The number of ether oxygens (including phenoxy) is 1. The molecule has 2 aromatic rings. The molecule has 28 heavy (non-hydrogen) atoms. The lowest BCUT2D eigenvalue weighted by atomic mass is 9.98. The van der Waals surface area contributed by atoms with Crippen LogP contribution in [0.4, 0.5) is 0 Å². The molecule has 2 fully saturated rings. The first-order valence-corrected chi connectivity index (χ1v) is 11.1. The molecule has 150 valence electrons. The van der Waals surface area contributed by atoms with Gasteiger partial charge < -0.3 is 9.64 Å². The Kier molecular flexibility index (Phi) is 5.97. The first kappa shape index (κ1) is 19.4. The van der Waals surface area contributed by atoms with Crippen molar-refractivity contribution in [3.8, 4) is 5.19 Å². The smallest absolute Gasteiger partial charge is 0.273 e. The molecule has 2 saturated heterocycles. The zero-order valence-corrected chi connectivity index (χ0v) is 17.6. The highest BCUT2D eigenvalue weighted by atomic mass is 32.1. The number of aromatic nitrogens is 1. The first-order valence-electron chi connectivity index (χ1n) is 10.3. The van der Waals surface area contributed by atoms with Crippen LogP contribution in [0, 0.1) is 13.8 Å². The molecule has 0 unspecified atom stereocenters. The molecule has 0 aliphatic carbocycles. The number of benzene rings is 1. The third-order valence-electron chi connectivity index (χ3n) is 5.89. The first-order chi connectivity index (χ1) is 13.6. The second kappa shape index (κ2) is 8.62. The number of hydrogen-bond donors (Lipinski definition) is 0. The van der Waals surface area contributed by atoms with Crippen LogP contribution in [0.1, 0.15) is 47.2 Å². The van der Waals surface area contributed by atoms with Crippen molar-refractivity contribution in [3.05, 3.63) is 46.5 Å². The van der Waals surface area contributed by atoms with Gasteiger partial charge >= 0.3 is 0 Å². The molecule has 3 heterocycles. The van der Waals surface area contributed by atoms with Crippen molar-refractivity contribution < 1.29 is 9.53 Å². The molecule has 1 amide bonds. The van der Waals surface area contributed by atoms with Crippen LogP contribution in [-0.4, -0.2) is 59.0 Å². The molecule has 0 N–H and O–H groups in total. The van der Waals surface area contributed by atoms with Gasteiger partial charge in [0.25, 0.3) is 11.1 Å². The van der Waals surface area contributed by atoms with E-state index in [-0.39, 0.29) is 12.0 Å². The highest BCUT2D eigenvalue weighted by Crippen LogP contribution is 2.25. The van der Waals surface area contributed by atoms with E-state index in [0.29, 0.717) is 6.04 Å². The van der Waals surface area contributed by atoms with E-state index in [0.717, 1.165) is 73.7 Å². The largest absolute Gasteiger partial charge is 0.467 e. The van der Waals surface area contributed by atoms with Gasteiger partial charge in [0.1, 0.15) is 6.10 Å². The Morgan fingerprint density at radius 3 is 2.32 bits per heavy atom. The Morgan fingerprint density at radius 2 is 1.71 bits per heavy atom. The maximum Gasteiger partial charge on any atom is 0.273 e. The molecule has 0 radical (unpaired) electrons. The highest BCUT2D eigenvalue weighted by Gasteiger charge is 2.30. The van der Waals surface area contributed by atoms with Crippen LogP contribution in [0.5, 0.6) is 5.19 Å². The fraction of sp³-hybridized carbons (Fsp3) is 0.545. The summed E-state index contributed by atoms with van der Waals surface area (Å²) >= 11 is 1.56. The molecule has 1 aromatic heterocycles. The normalized spacial score (nSPS) is 19.7. The Balaban J connectivity index is 1.26. The number of amides is 1. The summed E-state index contributed by atoms with van der Waals surface area (Å²) in [4.78, 5) is 21.7. The van der Waals surface area contributed by atoms with Gasteiger partial charge in [-0.3, -0.25) is 9.69 Å². The third kappa shape index (κ3) is 4.55. The molecule has 4 rings (SSSR count). The quantitative estimate of drug-likeness (QED) is 0.782. The fourth-order valence-corrected chi connectivity index (χ4v) is 5.04. The van der Waals surface area contributed by atoms with E-state index in [1.54, 1.807) is 17.5 Å². The number of likely N-dealkylation sites (tertiary alicyclic amines) is 2. The average molecular weight is 400 g/mol. The van der Waals surface area contributed by atoms with Crippen LogP contribution in [0.2, 0.25) is 0 Å². The van der Waals surface area contributed by atoms with E-state index < -0.39 is 0 Å². The Hall–Kier alpha value is -1.92. The predicted octanol–water partition coefficient (Wildman–Crippen LogP) is 3.91. The Morgan fingerprint density at radius 1 is 1.04 bits per heavy atom. The molecule has 6 heteroatoms. The molecular formula is C22H29N3O2S. The number of hydrogen-bond acceptors (Lipinski definition) is 5. The second-order valence-electron chi connectivity index (χ2n) is 8.05. The van der Waals surface area contributed by atoms with Gasteiger partial charge in [-0.1, -0.05) is 28.5 Å². The maximum atomic E-state index is 12.9. The molecule has 0 atom stereocenters. The molecular weight excluding hydrogens is 370 g/mol. The van der Waals surface area contributed by atoms with E-state index in [9.17, 15) is 4.79 Å². The van der Waals surface area contributed by atoms with Crippen molar-refractivity contribution in [1.29, 1.82) is 0 Å². The van der Waals surface area contributed by atoms with Gasteiger partial charge in [0, 0.05) is 49.4 Å². The monoisotopic (exact) mass is 399 g/mol. The standard InChI is InChI=1S/C22H29N3O2S/c1-16-13-17(2)15-18(14-16)21(26)25-8-3-19(4-9-25)24-10-5-20(6-11-24)27-22-23-7-12-28-22/h7,12-15,19-20H,3-6,8-11H2,1-2H3. The number of thiazole rings is 1. The van der Waals surface area contributed by atoms with Gasteiger partial charge in [-0.2, -0.15) is 0 Å². The average Bonchev–Trinajstić information content (AvgIpc) is 3.20. The van der Waals surface area contributed by atoms with Crippen LogP contribution >= 0.6 is 11.3 Å². The summed E-state index contributed by atoms with van der Waals surface area (Å²) in [6.45, 7) is 7.96. The lowest BCUT2D eigenvalue weighted by molar-refractivity contribution is 0.0425. The van der Waals surface area contributed by atoms with Crippen molar-refractivity contribution in [2.24, 2.45) is 0 Å². The zero-order valence-electron chi connectivity index (χ0n) is 16.8. The topological polar surface area (TPSA) is 45.7 Å². The summed E-state index contributed by atoms with van der Waals surface area (Å²) in [6.07, 6.45) is 6.32. The fourth-order valence-electron chi connectivity index (χ4n) is 4.48. The zero-order chi connectivity index (χ0) is 19.5.